The maximum absolute atomic E-state index is 13.5. The molecular weight excluding hydrogens is 262 g/mol. The zero-order valence-corrected chi connectivity index (χ0v) is 11.4. The Balaban J connectivity index is 2.23. The van der Waals surface area contributed by atoms with Gasteiger partial charge in [-0.3, -0.25) is 0 Å². The van der Waals surface area contributed by atoms with Crippen LogP contribution < -0.4 is 10.5 Å². The number of hydrogen-bond acceptors (Lipinski definition) is 3. The van der Waals surface area contributed by atoms with Gasteiger partial charge in [0.2, 0.25) is 5.88 Å². The summed E-state index contributed by atoms with van der Waals surface area (Å²) in [6.07, 6.45) is 2.32. The average molecular weight is 278 g/mol. The van der Waals surface area contributed by atoms with Crippen molar-refractivity contribution in [3.8, 4) is 11.6 Å². The second-order valence-electron chi connectivity index (χ2n) is 4.82. The molecule has 20 heavy (non-hydrogen) atoms. The Kier molecular flexibility index (Phi) is 4.29. The Morgan fingerprint density at radius 1 is 1.30 bits per heavy atom. The van der Waals surface area contributed by atoms with Crippen molar-refractivity contribution < 1.29 is 13.5 Å². The predicted octanol–water partition coefficient (Wildman–Crippen LogP) is 3.35. The number of aryl methyl sites for hydroxylation is 1. The van der Waals surface area contributed by atoms with Crippen LogP contribution in [0.5, 0.6) is 11.6 Å². The third kappa shape index (κ3) is 3.51. The molecule has 0 saturated heterocycles. The molecule has 0 aliphatic rings. The third-order valence-electron chi connectivity index (χ3n) is 2.74. The van der Waals surface area contributed by atoms with Crippen LogP contribution in [0.1, 0.15) is 18.1 Å². The summed E-state index contributed by atoms with van der Waals surface area (Å²) in [5.74, 6) is -1.12. The normalized spacial score (nSPS) is 12.2. The fraction of sp³-hybridized carbons (Fsp3) is 0.267. The van der Waals surface area contributed by atoms with Crippen molar-refractivity contribution in [1.29, 1.82) is 0 Å². The first kappa shape index (κ1) is 14.4. The molecule has 1 atom stereocenters. The van der Waals surface area contributed by atoms with E-state index in [1.165, 1.54) is 0 Å². The summed E-state index contributed by atoms with van der Waals surface area (Å²) >= 11 is 0. The molecule has 3 nitrogen and oxygen atoms in total. The lowest BCUT2D eigenvalue weighted by Crippen LogP contribution is -2.17. The van der Waals surface area contributed by atoms with E-state index in [2.05, 4.69) is 4.98 Å². The van der Waals surface area contributed by atoms with Crippen molar-refractivity contribution >= 4 is 0 Å². The van der Waals surface area contributed by atoms with Crippen molar-refractivity contribution in [2.75, 3.05) is 0 Å². The maximum Gasteiger partial charge on any atom is 0.222 e. The van der Waals surface area contributed by atoms with Crippen molar-refractivity contribution in [3.63, 3.8) is 0 Å². The molecule has 0 aliphatic heterocycles. The SMILES string of the molecule is Cc1cc(CC(C)N)cnc1Oc1cc(F)ccc1F. The molecule has 0 fully saturated rings. The van der Waals surface area contributed by atoms with Gasteiger partial charge < -0.3 is 10.5 Å². The summed E-state index contributed by atoms with van der Waals surface area (Å²) in [5.41, 5.74) is 7.44. The quantitative estimate of drug-likeness (QED) is 0.933. The molecule has 2 rings (SSSR count). The largest absolute Gasteiger partial charge is 0.436 e. The van der Waals surface area contributed by atoms with Gasteiger partial charge in [0.25, 0.3) is 0 Å². The van der Waals surface area contributed by atoms with Gasteiger partial charge in [0.05, 0.1) is 0 Å². The van der Waals surface area contributed by atoms with E-state index in [-0.39, 0.29) is 17.7 Å². The van der Waals surface area contributed by atoms with Crippen LogP contribution in [0.4, 0.5) is 8.78 Å². The molecule has 0 bridgehead atoms. The van der Waals surface area contributed by atoms with Gasteiger partial charge in [0, 0.05) is 23.9 Å². The zero-order chi connectivity index (χ0) is 14.7. The average Bonchev–Trinajstić information content (AvgIpc) is 2.36. The molecule has 1 aromatic carbocycles. The van der Waals surface area contributed by atoms with Gasteiger partial charge in [-0.25, -0.2) is 13.8 Å². The van der Waals surface area contributed by atoms with Gasteiger partial charge in [-0.2, -0.15) is 0 Å². The van der Waals surface area contributed by atoms with E-state index in [0.29, 0.717) is 6.42 Å². The first-order valence-corrected chi connectivity index (χ1v) is 6.29. The Hall–Kier alpha value is -2.01. The van der Waals surface area contributed by atoms with Gasteiger partial charge in [0.1, 0.15) is 5.82 Å². The van der Waals surface area contributed by atoms with Gasteiger partial charge in [-0.15, -0.1) is 0 Å². The molecular formula is C15H16F2N2O. The van der Waals surface area contributed by atoms with E-state index in [0.717, 1.165) is 29.3 Å². The summed E-state index contributed by atoms with van der Waals surface area (Å²) in [4.78, 5) is 4.13. The highest BCUT2D eigenvalue weighted by molar-refractivity contribution is 5.34. The second kappa shape index (κ2) is 5.96. The Labute approximate surface area is 116 Å². The van der Waals surface area contributed by atoms with E-state index in [4.69, 9.17) is 10.5 Å². The zero-order valence-electron chi connectivity index (χ0n) is 11.4. The lowest BCUT2D eigenvalue weighted by molar-refractivity contribution is 0.419. The van der Waals surface area contributed by atoms with E-state index < -0.39 is 11.6 Å². The first-order valence-electron chi connectivity index (χ1n) is 6.29. The van der Waals surface area contributed by atoms with Crippen molar-refractivity contribution in [2.24, 2.45) is 5.73 Å². The van der Waals surface area contributed by atoms with Crippen LogP contribution in [-0.4, -0.2) is 11.0 Å². The van der Waals surface area contributed by atoms with E-state index in [1.54, 1.807) is 13.1 Å². The Morgan fingerprint density at radius 3 is 2.70 bits per heavy atom. The van der Waals surface area contributed by atoms with Gasteiger partial charge in [0.15, 0.2) is 11.6 Å². The van der Waals surface area contributed by atoms with Crippen LogP contribution in [0.2, 0.25) is 0 Å². The van der Waals surface area contributed by atoms with E-state index in [9.17, 15) is 8.78 Å². The molecule has 2 N–H and O–H groups in total. The number of benzene rings is 1. The molecule has 0 saturated carbocycles. The third-order valence-corrected chi connectivity index (χ3v) is 2.74. The minimum absolute atomic E-state index is 0.0311. The maximum atomic E-state index is 13.5. The molecule has 2 aromatic rings. The molecule has 0 amide bonds. The minimum atomic E-state index is -0.632. The lowest BCUT2D eigenvalue weighted by atomic mass is 10.1. The highest BCUT2D eigenvalue weighted by Crippen LogP contribution is 2.26. The van der Waals surface area contributed by atoms with Crippen molar-refractivity contribution in [1.82, 2.24) is 4.98 Å². The van der Waals surface area contributed by atoms with Crippen LogP contribution in [0.25, 0.3) is 0 Å². The summed E-state index contributed by atoms with van der Waals surface area (Å²) in [5, 5.41) is 0. The number of nitrogens with two attached hydrogens (primary N) is 1. The summed E-state index contributed by atoms with van der Waals surface area (Å²) in [6.45, 7) is 3.70. The number of rotatable bonds is 4. The van der Waals surface area contributed by atoms with Crippen LogP contribution >= 0.6 is 0 Å². The van der Waals surface area contributed by atoms with Gasteiger partial charge in [-0.1, -0.05) is 0 Å². The monoisotopic (exact) mass is 278 g/mol. The molecule has 1 aromatic heterocycles. The second-order valence-corrected chi connectivity index (χ2v) is 4.82. The molecule has 1 unspecified atom stereocenters. The number of nitrogens with zero attached hydrogens (tertiary/aromatic N) is 1. The Bertz CT molecular complexity index is 615. The smallest absolute Gasteiger partial charge is 0.222 e. The van der Waals surface area contributed by atoms with Gasteiger partial charge in [-0.05, 0) is 44.0 Å². The van der Waals surface area contributed by atoms with E-state index >= 15 is 0 Å². The number of aromatic nitrogens is 1. The molecule has 0 spiro atoms. The van der Waals surface area contributed by atoms with E-state index in [1.807, 2.05) is 13.0 Å². The lowest BCUT2D eigenvalue weighted by Gasteiger charge is -2.11. The number of pyridine rings is 1. The molecule has 0 aliphatic carbocycles. The number of hydrogen-bond donors (Lipinski definition) is 1. The summed E-state index contributed by atoms with van der Waals surface area (Å²) in [7, 11) is 0. The fourth-order valence-electron chi connectivity index (χ4n) is 1.87. The molecule has 1 heterocycles. The first-order chi connectivity index (χ1) is 9.45. The molecule has 5 heteroatoms. The van der Waals surface area contributed by atoms with Crippen LogP contribution in [0.3, 0.4) is 0 Å². The Morgan fingerprint density at radius 2 is 2.05 bits per heavy atom. The van der Waals surface area contributed by atoms with Crippen molar-refractivity contribution in [2.45, 2.75) is 26.3 Å². The number of ether oxygens (including phenoxy) is 1. The summed E-state index contributed by atoms with van der Waals surface area (Å²) < 4.78 is 31.9. The fourth-order valence-corrected chi connectivity index (χ4v) is 1.87. The van der Waals surface area contributed by atoms with Crippen LogP contribution in [0.15, 0.2) is 30.5 Å². The highest BCUT2D eigenvalue weighted by Gasteiger charge is 2.10. The van der Waals surface area contributed by atoms with Gasteiger partial charge >= 0.3 is 0 Å². The predicted molar refractivity (Wildman–Crippen MR) is 72.8 cm³/mol. The minimum Gasteiger partial charge on any atom is -0.436 e. The molecule has 106 valence electrons. The number of halogens is 2. The standard InChI is InChI=1S/C15H16F2N2O/c1-9-5-11(6-10(2)18)8-19-15(9)20-14-7-12(16)3-4-13(14)17/h3-5,7-8,10H,6,18H2,1-2H3. The van der Waals surface area contributed by atoms with Crippen LogP contribution in [-0.2, 0) is 6.42 Å². The molecule has 0 radical (unpaired) electrons. The van der Waals surface area contributed by atoms with Crippen molar-refractivity contribution in [3.05, 3.63) is 53.2 Å². The summed E-state index contributed by atoms with van der Waals surface area (Å²) in [6, 6.07) is 4.96. The highest BCUT2D eigenvalue weighted by atomic mass is 19.1. The topological polar surface area (TPSA) is 48.1 Å². The van der Waals surface area contributed by atoms with Crippen LogP contribution in [0, 0.1) is 18.6 Å².